The van der Waals surface area contributed by atoms with Crippen molar-refractivity contribution in [3.8, 4) is 11.3 Å². The van der Waals surface area contributed by atoms with Gasteiger partial charge in [0, 0.05) is 10.9 Å². The normalized spacial score (nSPS) is 10.4. The van der Waals surface area contributed by atoms with Crippen LogP contribution in [-0.4, -0.2) is 4.98 Å². The highest BCUT2D eigenvalue weighted by Crippen LogP contribution is 2.22. The maximum Gasteiger partial charge on any atom is 0.123 e. The lowest BCUT2D eigenvalue weighted by Gasteiger charge is -1.95. The monoisotopic (exact) mass is 207 g/mol. The topological polar surface area (TPSA) is 12.9 Å². The van der Waals surface area contributed by atoms with Crippen LogP contribution in [0.15, 0.2) is 29.6 Å². The number of aryl methyl sites for hydroxylation is 1. The molecule has 2 rings (SSSR count). The van der Waals surface area contributed by atoms with Gasteiger partial charge in [-0.05, 0) is 30.7 Å². The minimum Gasteiger partial charge on any atom is -0.241 e. The van der Waals surface area contributed by atoms with Crippen molar-refractivity contribution in [1.82, 2.24) is 4.98 Å². The second kappa shape index (κ2) is 3.88. The molecule has 3 heteroatoms. The largest absolute Gasteiger partial charge is 0.241 e. The van der Waals surface area contributed by atoms with Gasteiger partial charge in [0.1, 0.15) is 5.82 Å². The fourth-order valence-electron chi connectivity index (χ4n) is 1.23. The van der Waals surface area contributed by atoms with Crippen LogP contribution in [-0.2, 0) is 6.42 Å². The molecule has 1 heterocycles. The van der Waals surface area contributed by atoms with Gasteiger partial charge in [0.05, 0.1) is 10.7 Å². The Kier molecular flexibility index (Phi) is 2.59. The molecule has 0 aliphatic heterocycles. The summed E-state index contributed by atoms with van der Waals surface area (Å²) >= 11 is 1.64. The van der Waals surface area contributed by atoms with Crippen molar-refractivity contribution < 1.29 is 4.39 Å². The molecular weight excluding hydrogens is 197 g/mol. The van der Waals surface area contributed by atoms with Gasteiger partial charge in [-0.15, -0.1) is 11.3 Å². The van der Waals surface area contributed by atoms with Crippen LogP contribution >= 0.6 is 11.3 Å². The van der Waals surface area contributed by atoms with E-state index in [9.17, 15) is 4.39 Å². The van der Waals surface area contributed by atoms with Gasteiger partial charge in [-0.3, -0.25) is 0 Å². The predicted molar refractivity (Wildman–Crippen MR) is 56.9 cm³/mol. The molecule has 1 aromatic carbocycles. The van der Waals surface area contributed by atoms with Crippen LogP contribution in [0.3, 0.4) is 0 Å². The highest BCUT2D eigenvalue weighted by atomic mass is 32.1. The minimum absolute atomic E-state index is 0.209. The molecular formula is C11H10FNS. The molecule has 1 nitrogen and oxygen atoms in total. The summed E-state index contributed by atoms with van der Waals surface area (Å²) in [5, 5.41) is 3.12. The second-order valence-corrected chi connectivity index (χ2v) is 3.93. The molecule has 0 aliphatic carbocycles. The molecule has 2 aromatic rings. The summed E-state index contributed by atoms with van der Waals surface area (Å²) in [4.78, 5) is 4.42. The Morgan fingerprint density at radius 3 is 2.57 bits per heavy atom. The maximum absolute atomic E-state index is 12.7. The Morgan fingerprint density at radius 2 is 2.00 bits per heavy atom. The van der Waals surface area contributed by atoms with Crippen LogP contribution in [0.2, 0.25) is 0 Å². The molecule has 0 aliphatic rings. The van der Waals surface area contributed by atoms with Crippen LogP contribution in [0.25, 0.3) is 11.3 Å². The second-order valence-electron chi connectivity index (χ2n) is 2.99. The van der Waals surface area contributed by atoms with Crippen molar-refractivity contribution >= 4 is 11.3 Å². The van der Waals surface area contributed by atoms with Gasteiger partial charge in [0.2, 0.25) is 0 Å². The van der Waals surface area contributed by atoms with E-state index in [1.165, 1.54) is 12.1 Å². The van der Waals surface area contributed by atoms with Crippen LogP contribution in [0.5, 0.6) is 0 Å². The highest BCUT2D eigenvalue weighted by Gasteiger charge is 2.02. The average Bonchev–Trinajstić information content (AvgIpc) is 2.67. The first kappa shape index (κ1) is 9.34. The van der Waals surface area contributed by atoms with Gasteiger partial charge in [-0.25, -0.2) is 9.37 Å². The third-order valence-electron chi connectivity index (χ3n) is 1.99. The summed E-state index contributed by atoms with van der Waals surface area (Å²) in [5.41, 5.74) is 1.91. The number of halogens is 1. The molecule has 0 amide bonds. The summed E-state index contributed by atoms with van der Waals surface area (Å²) in [6, 6.07) is 6.42. The zero-order chi connectivity index (χ0) is 9.97. The Hall–Kier alpha value is -1.22. The summed E-state index contributed by atoms with van der Waals surface area (Å²) in [5.74, 6) is -0.209. The Morgan fingerprint density at radius 1 is 1.29 bits per heavy atom. The van der Waals surface area contributed by atoms with Gasteiger partial charge >= 0.3 is 0 Å². The third-order valence-corrected chi connectivity index (χ3v) is 2.99. The number of hydrogen-bond donors (Lipinski definition) is 0. The van der Waals surface area contributed by atoms with E-state index in [-0.39, 0.29) is 5.82 Å². The highest BCUT2D eigenvalue weighted by molar-refractivity contribution is 7.09. The van der Waals surface area contributed by atoms with Crippen LogP contribution in [0, 0.1) is 5.82 Å². The lowest BCUT2D eigenvalue weighted by atomic mass is 10.2. The first-order valence-corrected chi connectivity index (χ1v) is 5.38. The van der Waals surface area contributed by atoms with Gasteiger partial charge < -0.3 is 0 Å². The fraction of sp³-hybridized carbons (Fsp3) is 0.182. The molecule has 1 aromatic heterocycles. The van der Waals surface area contributed by atoms with E-state index < -0.39 is 0 Å². The van der Waals surface area contributed by atoms with E-state index in [0.29, 0.717) is 0 Å². The third kappa shape index (κ3) is 1.82. The lowest BCUT2D eigenvalue weighted by Crippen LogP contribution is -1.81. The van der Waals surface area contributed by atoms with E-state index in [1.807, 2.05) is 5.38 Å². The van der Waals surface area contributed by atoms with E-state index in [0.717, 1.165) is 22.7 Å². The molecule has 0 unspecified atom stereocenters. The molecule has 0 atom stereocenters. The molecule has 14 heavy (non-hydrogen) atoms. The van der Waals surface area contributed by atoms with Crippen molar-refractivity contribution in [2.45, 2.75) is 13.3 Å². The molecule has 0 N–H and O–H groups in total. The number of aromatic nitrogens is 1. The van der Waals surface area contributed by atoms with E-state index in [4.69, 9.17) is 0 Å². The summed E-state index contributed by atoms with van der Waals surface area (Å²) in [6.07, 6.45) is 0.950. The average molecular weight is 207 g/mol. The van der Waals surface area contributed by atoms with Gasteiger partial charge in [-0.1, -0.05) is 6.92 Å². The smallest absolute Gasteiger partial charge is 0.123 e. The number of rotatable bonds is 2. The number of nitrogens with zero attached hydrogens (tertiary/aromatic N) is 1. The molecule has 0 spiro atoms. The molecule has 0 saturated heterocycles. The van der Waals surface area contributed by atoms with Crippen molar-refractivity contribution in [2.75, 3.05) is 0 Å². The summed E-state index contributed by atoms with van der Waals surface area (Å²) < 4.78 is 12.7. The Labute approximate surface area is 86.2 Å². The maximum atomic E-state index is 12.7. The Bertz CT molecular complexity index is 419. The number of thiazole rings is 1. The first-order valence-electron chi connectivity index (χ1n) is 4.50. The number of hydrogen-bond acceptors (Lipinski definition) is 2. The number of benzene rings is 1. The standard InChI is InChI=1S/C11H10FNS/c1-2-11-13-10(7-14-11)8-3-5-9(12)6-4-8/h3-7H,2H2,1H3. The lowest BCUT2D eigenvalue weighted by molar-refractivity contribution is 0.628. The zero-order valence-electron chi connectivity index (χ0n) is 7.83. The molecule has 72 valence electrons. The van der Waals surface area contributed by atoms with Gasteiger partial charge in [0.25, 0.3) is 0 Å². The van der Waals surface area contributed by atoms with Gasteiger partial charge in [-0.2, -0.15) is 0 Å². The first-order chi connectivity index (χ1) is 6.79. The van der Waals surface area contributed by atoms with Crippen molar-refractivity contribution in [3.05, 3.63) is 40.5 Å². The molecule has 0 fully saturated rings. The summed E-state index contributed by atoms with van der Waals surface area (Å²) in [7, 11) is 0. The van der Waals surface area contributed by atoms with Gasteiger partial charge in [0.15, 0.2) is 0 Å². The van der Waals surface area contributed by atoms with Crippen LogP contribution < -0.4 is 0 Å². The quantitative estimate of drug-likeness (QED) is 0.734. The SMILES string of the molecule is CCc1nc(-c2ccc(F)cc2)cs1. The molecule has 0 bridgehead atoms. The van der Waals surface area contributed by atoms with E-state index in [1.54, 1.807) is 23.5 Å². The van der Waals surface area contributed by atoms with Crippen LogP contribution in [0.4, 0.5) is 4.39 Å². The molecule has 0 saturated carbocycles. The minimum atomic E-state index is -0.209. The molecule has 0 radical (unpaired) electrons. The van der Waals surface area contributed by atoms with Crippen molar-refractivity contribution in [2.24, 2.45) is 0 Å². The fourth-order valence-corrected chi connectivity index (χ4v) is 1.98. The van der Waals surface area contributed by atoms with Crippen molar-refractivity contribution in [3.63, 3.8) is 0 Å². The van der Waals surface area contributed by atoms with E-state index in [2.05, 4.69) is 11.9 Å². The van der Waals surface area contributed by atoms with E-state index >= 15 is 0 Å². The van der Waals surface area contributed by atoms with Crippen molar-refractivity contribution in [1.29, 1.82) is 0 Å². The Balaban J connectivity index is 2.34. The van der Waals surface area contributed by atoms with Crippen LogP contribution in [0.1, 0.15) is 11.9 Å². The zero-order valence-corrected chi connectivity index (χ0v) is 8.64. The predicted octanol–water partition coefficient (Wildman–Crippen LogP) is 3.51. The summed E-state index contributed by atoms with van der Waals surface area (Å²) in [6.45, 7) is 2.08.